The van der Waals surface area contributed by atoms with Crippen molar-refractivity contribution in [1.82, 2.24) is 24.8 Å². The van der Waals surface area contributed by atoms with Crippen molar-refractivity contribution in [3.05, 3.63) is 6.20 Å². The molecule has 0 fully saturated rings. The molecule has 0 atom stereocenters. The zero-order chi connectivity index (χ0) is 14.4. The summed E-state index contributed by atoms with van der Waals surface area (Å²) in [5.74, 6) is 0.298. The molecule has 1 N–H and O–H groups in total. The summed E-state index contributed by atoms with van der Waals surface area (Å²) in [5.41, 5.74) is 0. The summed E-state index contributed by atoms with van der Waals surface area (Å²) in [7, 11) is 3.26. The maximum Gasteiger partial charge on any atom is 0.322 e. The molecule has 0 bridgehead atoms. The summed E-state index contributed by atoms with van der Waals surface area (Å²) < 4.78 is 1.41. The van der Waals surface area contributed by atoms with Crippen LogP contribution in [0.5, 0.6) is 0 Å². The van der Waals surface area contributed by atoms with Gasteiger partial charge in [-0.15, -0.1) is 5.10 Å². The number of amides is 3. The van der Waals surface area contributed by atoms with Gasteiger partial charge in [0.2, 0.25) is 5.91 Å². The van der Waals surface area contributed by atoms with Crippen molar-refractivity contribution in [2.75, 3.05) is 32.5 Å². The van der Waals surface area contributed by atoms with Gasteiger partial charge in [-0.2, -0.15) is 0 Å². The molecule has 0 aliphatic carbocycles. The van der Waals surface area contributed by atoms with Crippen LogP contribution in [-0.4, -0.2) is 63.9 Å². The molecule has 1 aromatic rings. The molecule has 1 aromatic heterocycles. The molecule has 1 rings (SSSR count). The van der Waals surface area contributed by atoms with Gasteiger partial charge in [0.25, 0.3) is 0 Å². The van der Waals surface area contributed by atoms with Crippen molar-refractivity contribution >= 4 is 17.8 Å². The first kappa shape index (κ1) is 14.9. The number of likely N-dealkylation sites (N-methyl/N-ethyl adjacent to an activating group) is 1. The van der Waals surface area contributed by atoms with Crippen LogP contribution < -0.4 is 5.32 Å². The van der Waals surface area contributed by atoms with E-state index in [9.17, 15) is 9.59 Å². The number of aromatic nitrogens is 3. The van der Waals surface area contributed by atoms with Gasteiger partial charge >= 0.3 is 6.03 Å². The summed E-state index contributed by atoms with van der Waals surface area (Å²) in [4.78, 5) is 26.4. The van der Waals surface area contributed by atoms with Crippen LogP contribution in [0.2, 0.25) is 0 Å². The van der Waals surface area contributed by atoms with Gasteiger partial charge in [-0.1, -0.05) is 5.21 Å². The fourth-order valence-corrected chi connectivity index (χ4v) is 1.47. The lowest BCUT2D eigenvalue weighted by Gasteiger charge is -2.17. The zero-order valence-electron chi connectivity index (χ0n) is 11.8. The highest BCUT2D eigenvalue weighted by molar-refractivity contribution is 5.87. The molecule has 106 valence electrons. The Labute approximate surface area is 112 Å². The van der Waals surface area contributed by atoms with Gasteiger partial charge < -0.3 is 9.80 Å². The Hall–Kier alpha value is -2.12. The molecule has 0 aliphatic rings. The van der Waals surface area contributed by atoms with Crippen molar-refractivity contribution < 1.29 is 9.59 Å². The van der Waals surface area contributed by atoms with Crippen molar-refractivity contribution in [2.24, 2.45) is 0 Å². The number of hydrogen-bond acceptors (Lipinski definition) is 4. The SMILES string of the molecule is CCN(CC)C(=O)Cn1cc(NC(=O)N(C)C)nn1. The Morgan fingerprint density at radius 3 is 2.47 bits per heavy atom. The largest absolute Gasteiger partial charge is 0.342 e. The Morgan fingerprint density at radius 1 is 1.32 bits per heavy atom. The molecule has 0 spiro atoms. The van der Waals surface area contributed by atoms with Gasteiger partial charge in [0, 0.05) is 27.2 Å². The van der Waals surface area contributed by atoms with E-state index in [1.54, 1.807) is 19.0 Å². The van der Waals surface area contributed by atoms with Crippen LogP contribution in [0, 0.1) is 0 Å². The van der Waals surface area contributed by atoms with E-state index in [0.29, 0.717) is 18.9 Å². The summed E-state index contributed by atoms with van der Waals surface area (Å²) in [6, 6.07) is -0.290. The molecule has 0 radical (unpaired) electrons. The Morgan fingerprint density at radius 2 is 1.95 bits per heavy atom. The van der Waals surface area contributed by atoms with Gasteiger partial charge in [0.1, 0.15) is 6.54 Å². The smallest absolute Gasteiger partial charge is 0.322 e. The molecule has 0 aliphatic heterocycles. The van der Waals surface area contributed by atoms with E-state index in [-0.39, 0.29) is 18.5 Å². The first-order valence-electron chi connectivity index (χ1n) is 6.14. The van der Waals surface area contributed by atoms with Crippen molar-refractivity contribution in [3.8, 4) is 0 Å². The van der Waals surface area contributed by atoms with Crippen molar-refractivity contribution in [2.45, 2.75) is 20.4 Å². The average Bonchev–Trinajstić information content (AvgIpc) is 2.77. The maximum atomic E-state index is 11.9. The quantitative estimate of drug-likeness (QED) is 0.829. The number of urea groups is 1. The summed E-state index contributed by atoms with van der Waals surface area (Å²) in [6.45, 7) is 5.28. The molecule has 0 aromatic carbocycles. The fourth-order valence-electron chi connectivity index (χ4n) is 1.47. The third-order valence-corrected chi connectivity index (χ3v) is 2.59. The molecule has 19 heavy (non-hydrogen) atoms. The minimum absolute atomic E-state index is 0.0274. The van der Waals surface area contributed by atoms with Crippen LogP contribution >= 0.6 is 0 Å². The monoisotopic (exact) mass is 268 g/mol. The Balaban J connectivity index is 2.60. The highest BCUT2D eigenvalue weighted by Gasteiger charge is 2.12. The number of rotatable bonds is 5. The minimum Gasteiger partial charge on any atom is -0.342 e. The third kappa shape index (κ3) is 4.23. The highest BCUT2D eigenvalue weighted by Crippen LogP contribution is 2.02. The van der Waals surface area contributed by atoms with Crippen LogP contribution in [0.3, 0.4) is 0 Å². The molecule has 8 nitrogen and oxygen atoms in total. The van der Waals surface area contributed by atoms with E-state index in [1.807, 2.05) is 13.8 Å². The highest BCUT2D eigenvalue weighted by atomic mass is 16.2. The summed E-state index contributed by atoms with van der Waals surface area (Å²) in [5, 5.41) is 10.2. The van der Waals surface area contributed by atoms with E-state index < -0.39 is 0 Å². The van der Waals surface area contributed by atoms with Crippen LogP contribution in [-0.2, 0) is 11.3 Å². The maximum absolute atomic E-state index is 11.9. The van der Waals surface area contributed by atoms with E-state index in [4.69, 9.17) is 0 Å². The zero-order valence-corrected chi connectivity index (χ0v) is 11.8. The van der Waals surface area contributed by atoms with E-state index in [1.165, 1.54) is 15.8 Å². The van der Waals surface area contributed by atoms with Gasteiger partial charge in [0.15, 0.2) is 5.82 Å². The molecule has 0 saturated heterocycles. The molecule has 1 heterocycles. The second kappa shape index (κ2) is 6.72. The van der Waals surface area contributed by atoms with Crippen molar-refractivity contribution in [3.63, 3.8) is 0 Å². The van der Waals surface area contributed by atoms with Gasteiger partial charge in [-0.3, -0.25) is 10.1 Å². The predicted octanol–water partition coefficient (Wildman–Crippen LogP) is 0.240. The normalized spacial score (nSPS) is 10.1. The van der Waals surface area contributed by atoms with Gasteiger partial charge in [0.05, 0.1) is 6.20 Å². The lowest BCUT2D eigenvalue weighted by molar-refractivity contribution is -0.131. The number of nitrogens with zero attached hydrogens (tertiary/aromatic N) is 5. The van der Waals surface area contributed by atoms with E-state index >= 15 is 0 Å². The first-order chi connectivity index (χ1) is 8.97. The predicted molar refractivity (Wildman–Crippen MR) is 70.7 cm³/mol. The average molecular weight is 268 g/mol. The van der Waals surface area contributed by atoms with E-state index in [2.05, 4.69) is 15.6 Å². The third-order valence-electron chi connectivity index (χ3n) is 2.59. The Bertz CT molecular complexity index is 438. The number of anilines is 1. The fraction of sp³-hybridized carbons (Fsp3) is 0.636. The van der Waals surface area contributed by atoms with Crippen molar-refractivity contribution in [1.29, 1.82) is 0 Å². The molecular formula is C11H20N6O2. The Kier molecular flexibility index (Phi) is 5.28. The molecule has 0 unspecified atom stereocenters. The van der Waals surface area contributed by atoms with Crippen LogP contribution in [0.1, 0.15) is 13.8 Å². The lowest BCUT2D eigenvalue weighted by atomic mass is 10.4. The molecule has 8 heteroatoms. The second-order valence-electron chi connectivity index (χ2n) is 4.19. The topological polar surface area (TPSA) is 83.4 Å². The van der Waals surface area contributed by atoms with Gasteiger partial charge in [-0.25, -0.2) is 9.48 Å². The number of carbonyl (C=O) groups is 2. The number of carbonyl (C=O) groups excluding carboxylic acids is 2. The van der Waals surface area contributed by atoms with E-state index in [0.717, 1.165) is 0 Å². The van der Waals surface area contributed by atoms with Crippen LogP contribution in [0.4, 0.5) is 10.6 Å². The number of hydrogen-bond donors (Lipinski definition) is 1. The summed E-state index contributed by atoms with van der Waals surface area (Å²) in [6.07, 6.45) is 1.53. The first-order valence-corrected chi connectivity index (χ1v) is 6.14. The second-order valence-corrected chi connectivity index (χ2v) is 4.19. The molecule has 0 saturated carbocycles. The summed E-state index contributed by atoms with van der Waals surface area (Å²) >= 11 is 0. The standard InChI is InChI=1S/C11H20N6O2/c1-5-16(6-2)10(18)8-17-7-9(13-14-17)12-11(19)15(3)4/h7H,5-6,8H2,1-4H3,(H,12,19). The molecule has 3 amide bonds. The van der Waals surface area contributed by atoms with Gasteiger partial charge in [-0.05, 0) is 13.8 Å². The molecular weight excluding hydrogens is 248 g/mol. The number of nitrogens with one attached hydrogen (secondary N) is 1. The van der Waals surface area contributed by atoms with Crippen LogP contribution in [0.25, 0.3) is 0 Å². The lowest BCUT2D eigenvalue weighted by Crippen LogP contribution is -2.33. The minimum atomic E-state index is -0.290. The van der Waals surface area contributed by atoms with Crippen LogP contribution in [0.15, 0.2) is 6.20 Å².